The zero-order chi connectivity index (χ0) is 34.0. The van der Waals surface area contributed by atoms with Gasteiger partial charge in [0.05, 0.1) is 23.6 Å². The van der Waals surface area contributed by atoms with Crippen molar-refractivity contribution in [1.29, 1.82) is 0 Å². The Morgan fingerprint density at radius 3 is 2.23 bits per heavy atom. The number of amidine groups is 1. The van der Waals surface area contributed by atoms with Gasteiger partial charge in [-0.1, -0.05) is 41.9 Å². The van der Waals surface area contributed by atoms with Gasteiger partial charge in [-0.2, -0.15) is 0 Å². The average molecular weight is 660 g/mol. The molecule has 5 rings (SSSR count). The number of ketones is 1. The molecule has 2 aliphatic rings. The number of carbonyl (C=O) groups excluding carboxylic acids is 4. The highest BCUT2D eigenvalue weighted by atomic mass is 35.5. The smallest absolute Gasteiger partial charge is 0.335 e. The third-order valence-corrected chi connectivity index (χ3v) is 7.84. The standard InChI is InChI=1S/C34H34ClN5O7/c1-34(2,3)47-26-16-22(25(41)17-27(36)42)10-13-24(26)31-38-29(19-8-11-23(35)12-9-19)30(20-4-6-21(7-5-20)32(44)45)40(31)33(46)39-15-14-37-28(43)18-39/h4-13,16,29-30H,14-15,17-18H2,1-3H3,(H2,36,42)(H,37,43)(H,44,45)/t29-,30+/m0/s1. The fraction of sp³-hybridized carbons (Fsp3) is 0.294. The molecule has 2 heterocycles. The molecule has 4 N–H and O–H groups in total. The SMILES string of the molecule is CC(C)(C)Oc1cc(C(=O)CC(N)=O)ccc1C1=N[C@@H](c2ccc(Cl)cc2)[C@@H](c2ccc(C(=O)O)cc2)N1C(=O)N1CCNC(=O)C1. The number of aromatic carboxylic acids is 1. The fourth-order valence-electron chi connectivity index (χ4n) is 5.53. The highest BCUT2D eigenvalue weighted by Gasteiger charge is 2.45. The van der Waals surface area contributed by atoms with Gasteiger partial charge in [-0.15, -0.1) is 0 Å². The van der Waals surface area contributed by atoms with E-state index >= 15 is 0 Å². The summed E-state index contributed by atoms with van der Waals surface area (Å²) in [5.41, 5.74) is 6.48. The van der Waals surface area contributed by atoms with E-state index in [1.807, 2.05) is 20.8 Å². The van der Waals surface area contributed by atoms with Gasteiger partial charge in [-0.3, -0.25) is 24.3 Å². The van der Waals surface area contributed by atoms with Gasteiger partial charge in [0, 0.05) is 23.7 Å². The molecule has 0 bridgehead atoms. The molecule has 2 aliphatic heterocycles. The van der Waals surface area contributed by atoms with Crippen LogP contribution in [0.1, 0.15) is 76.7 Å². The predicted octanol–water partition coefficient (Wildman–Crippen LogP) is 4.37. The first-order valence-electron chi connectivity index (χ1n) is 14.9. The zero-order valence-electron chi connectivity index (χ0n) is 26.0. The van der Waals surface area contributed by atoms with Gasteiger partial charge in [-0.25, -0.2) is 9.59 Å². The summed E-state index contributed by atoms with van der Waals surface area (Å²) in [6, 6.07) is 15.8. The number of urea groups is 1. The second-order valence-corrected chi connectivity index (χ2v) is 12.7. The highest BCUT2D eigenvalue weighted by molar-refractivity contribution is 6.30. The van der Waals surface area contributed by atoms with E-state index in [-0.39, 0.29) is 48.3 Å². The van der Waals surface area contributed by atoms with Gasteiger partial charge in [0.1, 0.15) is 29.8 Å². The molecule has 2 atom stereocenters. The number of nitrogens with one attached hydrogen (secondary N) is 1. The number of benzene rings is 3. The second-order valence-electron chi connectivity index (χ2n) is 12.2. The van der Waals surface area contributed by atoms with E-state index in [0.717, 1.165) is 5.56 Å². The highest BCUT2D eigenvalue weighted by Crippen LogP contribution is 2.45. The summed E-state index contributed by atoms with van der Waals surface area (Å²) in [5, 5.41) is 12.8. The summed E-state index contributed by atoms with van der Waals surface area (Å²) in [6.07, 6.45) is -0.496. The number of amides is 4. The maximum absolute atomic E-state index is 14.5. The van der Waals surface area contributed by atoms with Crippen LogP contribution in [0.4, 0.5) is 4.79 Å². The lowest BCUT2D eigenvalue weighted by molar-refractivity contribution is -0.123. The van der Waals surface area contributed by atoms with E-state index < -0.39 is 47.8 Å². The normalized spacial score (nSPS) is 18.0. The van der Waals surface area contributed by atoms with Crippen LogP contribution in [-0.4, -0.2) is 75.6 Å². The largest absolute Gasteiger partial charge is 0.487 e. The first-order chi connectivity index (χ1) is 22.2. The van der Waals surface area contributed by atoms with E-state index in [4.69, 9.17) is 27.1 Å². The predicted molar refractivity (Wildman–Crippen MR) is 174 cm³/mol. The van der Waals surface area contributed by atoms with E-state index in [1.165, 1.54) is 34.1 Å². The van der Waals surface area contributed by atoms with Crippen LogP contribution in [0.25, 0.3) is 0 Å². The van der Waals surface area contributed by atoms with Crippen molar-refractivity contribution >= 4 is 47.0 Å². The fourth-order valence-corrected chi connectivity index (χ4v) is 5.65. The molecule has 0 aromatic heterocycles. The van der Waals surface area contributed by atoms with E-state index in [9.17, 15) is 29.1 Å². The number of ether oxygens (including phenoxy) is 1. The Labute approximate surface area is 276 Å². The lowest BCUT2D eigenvalue weighted by atomic mass is 9.93. The van der Waals surface area contributed by atoms with Crippen LogP contribution in [0.3, 0.4) is 0 Å². The first-order valence-corrected chi connectivity index (χ1v) is 15.3. The summed E-state index contributed by atoms with van der Waals surface area (Å²) >= 11 is 6.22. The minimum absolute atomic E-state index is 0.0681. The molecule has 0 spiro atoms. The van der Waals surface area contributed by atoms with Crippen molar-refractivity contribution in [3.05, 3.63) is 99.6 Å². The number of primary amides is 1. The van der Waals surface area contributed by atoms with Crippen LogP contribution >= 0.6 is 11.6 Å². The number of piperazine rings is 1. The molecule has 244 valence electrons. The molecule has 0 radical (unpaired) electrons. The summed E-state index contributed by atoms with van der Waals surface area (Å²) in [7, 11) is 0. The number of nitrogens with two attached hydrogens (primary N) is 1. The number of Topliss-reactive ketones (excluding diaryl/α,β-unsaturated/α-hetero) is 1. The summed E-state index contributed by atoms with van der Waals surface area (Å²) in [6.45, 7) is 5.80. The molecule has 4 amide bonds. The first kappa shape index (κ1) is 33.1. The van der Waals surface area contributed by atoms with Crippen molar-refractivity contribution in [2.24, 2.45) is 10.7 Å². The monoisotopic (exact) mass is 659 g/mol. The Morgan fingerprint density at radius 1 is 1.00 bits per heavy atom. The van der Waals surface area contributed by atoms with Crippen molar-refractivity contribution in [3.8, 4) is 5.75 Å². The number of nitrogens with zero attached hydrogens (tertiary/aromatic N) is 3. The van der Waals surface area contributed by atoms with Crippen LogP contribution in [0.15, 0.2) is 71.7 Å². The van der Waals surface area contributed by atoms with Gasteiger partial charge in [0.25, 0.3) is 0 Å². The van der Waals surface area contributed by atoms with Crippen LogP contribution in [-0.2, 0) is 9.59 Å². The third-order valence-electron chi connectivity index (χ3n) is 7.59. The molecular weight excluding hydrogens is 626 g/mol. The molecule has 3 aromatic carbocycles. The van der Waals surface area contributed by atoms with Crippen molar-refractivity contribution in [2.75, 3.05) is 19.6 Å². The number of carboxylic acids is 1. The summed E-state index contributed by atoms with van der Waals surface area (Å²) < 4.78 is 6.32. The van der Waals surface area contributed by atoms with Crippen molar-refractivity contribution in [1.82, 2.24) is 15.1 Å². The van der Waals surface area contributed by atoms with Gasteiger partial charge in [-0.05, 0) is 68.3 Å². The number of carbonyl (C=O) groups is 5. The maximum Gasteiger partial charge on any atom is 0.335 e. The third kappa shape index (κ3) is 7.44. The van der Waals surface area contributed by atoms with Crippen LogP contribution < -0.4 is 15.8 Å². The topological polar surface area (TPSA) is 172 Å². The zero-order valence-corrected chi connectivity index (χ0v) is 26.8. The lowest BCUT2D eigenvalue weighted by Gasteiger charge is -2.36. The van der Waals surface area contributed by atoms with E-state index in [0.29, 0.717) is 16.1 Å². The Kier molecular flexibility index (Phi) is 9.34. The Hall–Kier alpha value is -5.23. The lowest BCUT2D eigenvalue weighted by Crippen LogP contribution is -2.55. The number of hydrogen-bond acceptors (Lipinski definition) is 7. The van der Waals surface area contributed by atoms with Crippen LogP contribution in [0.2, 0.25) is 5.02 Å². The van der Waals surface area contributed by atoms with Crippen LogP contribution in [0.5, 0.6) is 5.75 Å². The second kappa shape index (κ2) is 13.2. The minimum Gasteiger partial charge on any atom is -0.487 e. The molecule has 0 saturated carbocycles. The minimum atomic E-state index is -1.10. The summed E-state index contributed by atoms with van der Waals surface area (Å²) in [5.74, 6) is -2.25. The van der Waals surface area contributed by atoms with Crippen molar-refractivity contribution in [2.45, 2.75) is 44.9 Å². The van der Waals surface area contributed by atoms with E-state index in [1.54, 1.807) is 42.5 Å². The average Bonchev–Trinajstić information content (AvgIpc) is 3.40. The van der Waals surface area contributed by atoms with Crippen molar-refractivity contribution in [3.63, 3.8) is 0 Å². The summed E-state index contributed by atoms with van der Waals surface area (Å²) in [4.78, 5) is 71.0. The number of carboxylic acid groups (broad SMARTS) is 1. The molecular formula is C34H34ClN5O7. The molecule has 0 aliphatic carbocycles. The maximum atomic E-state index is 14.5. The quantitative estimate of drug-likeness (QED) is 0.238. The number of rotatable bonds is 8. The number of aliphatic imine (C=N–C) groups is 1. The van der Waals surface area contributed by atoms with Gasteiger partial charge >= 0.3 is 12.0 Å². The van der Waals surface area contributed by atoms with Gasteiger partial charge < -0.3 is 25.8 Å². The Morgan fingerprint density at radius 2 is 1.64 bits per heavy atom. The van der Waals surface area contributed by atoms with Crippen LogP contribution in [0, 0.1) is 0 Å². The molecule has 12 nitrogen and oxygen atoms in total. The molecule has 13 heteroatoms. The van der Waals surface area contributed by atoms with Gasteiger partial charge in [0.2, 0.25) is 11.8 Å². The molecule has 1 fully saturated rings. The molecule has 0 unspecified atom stereocenters. The van der Waals surface area contributed by atoms with E-state index in [2.05, 4.69) is 5.32 Å². The molecule has 1 saturated heterocycles. The molecule has 3 aromatic rings. The van der Waals surface area contributed by atoms with Gasteiger partial charge in [0.15, 0.2) is 5.78 Å². The number of halogens is 1. The Bertz CT molecular complexity index is 1770. The van der Waals surface area contributed by atoms with Crippen molar-refractivity contribution < 1.29 is 33.8 Å². The molecule has 47 heavy (non-hydrogen) atoms. The Balaban J connectivity index is 1.73. The number of hydrogen-bond donors (Lipinski definition) is 3.